The van der Waals surface area contributed by atoms with Crippen LogP contribution in [0.2, 0.25) is 0 Å². The molecule has 2 nitrogen and oxygen atoms in total. The number of hydrogen-bond donors (Lipinski definition) is 2. The zero-order valence-electron chi connectivity index (χ0n) is 12.7. The Morgan fingerprint density at radius 2 is 1.79 bits per heavy atom. The summed E-state index contributed by atoms with van der Waals surface area (Å²) < 4.78 is 0. The molecule has 4 aliphatic rings. The highest BCUT2D eigenvalue weighted by Crippen LogP contribution is 2.70. The highest BCUT2D eigenvalue weighted by atomic mass is 15.2. The smallest absolute Gasteiger partial charge is 0.0376 e. The number of nitrogens with two attached hydrogens (primary N) is 1. The predicted octanol–water partition coefficient (Wildman–Crippen LogP) is 3.23. The molecule has 4 bridgehead atoms. The molecule has 0 aromatic carbocycles. The molecule has 106 valence electrons. The van der Waals surface area contributed by atoms with Crippen LogP contribution in [0.25, 0.3) is 0 Å². The molecule has 0 amide bonds. The Hall–Kier alpha value is -0.520. The van der Waals surface area contributed by atoms with Crippen LogP contribution in [0.3, 0.4) is 0 Å². The number of hydrogen-bond acceptors (Lipinski definition) is 2. The van der Waals surface area contributed by atoms with Gasteiger partial charge in [-0.3, -0.25) is 11.3 Å². The van der Waals surface area contributed by atoms with Gasteiger partial charge in [0.2, 0.25) is 0 Å². The Bertz CT molecular complexity index is 412. The van der Waals surface area contributed by atoms with E-state index in [4.69, 9.17) is 5.84 Å². The van der Waals surface area contributed by atoms with Crippen molar-refractivity contribution >= 4 is 0 Å². The van der Waals surface area contributed by atoms with E-state index in [2.05, 4.69) is 31.1 Å². The normalized spacial score (nSPS) is 48.7. The van der Waals surface area contributed by atoms with Gasteiger partial charge in [-0.15, -0.1) is 11.8 Å². The highest BCUT2D eigenvalue weighted by Gasteiger charge is 2.61. The van der Waals surface area contributed by atoms with Crippen LogP contribution >= 0.6 is 0 Å². The fourth-order valence-corrected chi connectivity index (χ4v) is 6.58. The van der Waals surface area contributed by atoms with Crippen molar-refractivity contribution in [1.29, 1.82) is 0 Å². The summed E-state index contributed by atoms with van der Waals surface area (Å²) in [6.45, 7) is 6.96. The van der Waals surface area contributed by atoms with Crippen molar-refractivity contribution in [2.24, 2.45) is 28.0 Å². The first kappa shape index (κ1) is 13.5. The summed E-state index contributed by atoms with van der Waals surface area (Å²) in [4.78, 5) is 0. The number of hydrazine groups is 1. The summed E-state index contributed by atoms with van der Waals surface area (Å²) in [6.07, 6.45) is 9.31. The zero-order chi connectivity index (χ0) is 13.7. The van der Waals surface area contributed by atoms with E-state index in [0.29, 0.717) is 22.3 Å². The van der Waals surface area contributed by atoms with Crippen molar-refractivity contribution in [3.63, 3.8) is 0 Å². The first-order valence-corrected chi connectivity index (χ1v) is 7.78. The van der Waals surface area contributed by atoms with Crippen LogP contribution in [0.4, 0.5) is 0 Å². The van der Waals surface area contributed by atoms with E-state index in [9.17, 15) is 0 Å². The maximum absolute atomic E-state index is 5.90. The number of nitrogens with one attached hydrogen (secondary N) is 1. The lowest BCUT2D eigenvalue weighted by Crippen LogP contribution is -2.62. The van der Waals surface area contributed by atoms with Gasteiger partial charge in [0, 0.05) is 12.5 Å². The Labute approximate surface area is 117 Å². The molecule has 3 N–H and O–H groups in total. The van der Waals surface area contributed by atoms with Gasteiger partial charge in [-0.25, -0.2) is 0 Å². The van der Waals surface area contributed by atoms with Gasteiger partial charge < -0.3 is 0 Å². The van der Waals surface area contributed by atoms with Gasteiger partial charge >= 0.3 is 0 Å². The summed E-state index contributed by atoms with van der Waals surface area (Å²) in [6, 6.07) is 0.377. The van der Waals surface area contributed by atoms with Gasteiger partial charge in [0.15, 0.2) is 0 Å². The second kappa shape index (κ2) is 4.24. The van der Waals surface area contributed by atoms with Crippen LogP contribution in [-0.2, 0) is 0 Å². The van der Waals surface area contributed by atoms with E-state index in [1.807, 2.05) is 6.92 Å². The van der Waals surface area contributed by atoms with Gasteiger partial charge in [-0.1, -0.05) is 13.8 Å². The molecule has 19 heavy (non-hydrogen) atoms. The van der Waals surface area contributed by atoms with Crippen LogP contribution in [0.1, 0.15) is 65.7 Å². The highest BCUT2D eigenvalue weighted by molar-refractivity contribution is 5.15. The third-order valence-corrected chi connectivity index (χ3v) is 6.09. The van der Waals surface area contributed by atoms with Gasteiger partial charge in [0.1, 0.15) is 0 Å². The molecule has 3 unspecified atom stereocenters. The maximum atomic E-state index is 5.90. The first-order valence-electron chi connectivity index (χ1n) is 7.78. The first-order chi connectivity index (χ1) is 8.93. The Balaban J connectivity index is 1.92. The minimum Gasteiger partial charge on any atom is -0.271 e. The Kier molecular flexibility index (Phi) is 3.00. The molecule has 0 aliphatic heterocycles. The molecule has 4 aliphatic carbocycles. The number of rotatable bonds is 3. The van der Waals surface area contributed by atoms with Crippen molar-refractivity contribution in [3.05, 3.63) is 0 Å². The molecule has 2 heteroatoms. The summed E-state index contributed by atoms with van der Waals surface area (Å²) in [7, 11) is 0. The minimum atomic E-state index is 0.377. The van der Waals surface area contributed by atoms with Gasteiger partial charge in [0.05, 0.1) is 0 Å². The van der Waals surface area contributed by atoms with Crippen molar-refractivity contribution in [1.82, 2.24) is 5.43 Å². The van der Waals surface area contributed by atoms with Crippen LogP contribution in [0, 0.1) is 34.0 Å². The summed E-state index contributed by atoms with van der Waals surface area (Å²) in [5, 5.41) is 0. The van der Waals surface area contributed by atoms with Gasteiger partial charge in [-0.2, -0.15) is 0 Å². The topological polar surface area (TPSA) is 38.0 Å². The molecule has 0 aromatic rings. The molecular formula is C17H28N2. The molecule has 4 fully saturated rings. The second-order valence-corrected chi connectivity index (χ2v) is 8.34. The molecule has 0 spiro atoms. The second-order valence-electron chi connectivity index (χ2n) is 8.34. The summed E-state index contributed by atoms with van der Waals surface area (Å²) >= 11 is 0. The molecule has 4 saturated carbocycles. The lowest BCUT2D eigenvalue weighted by Gasteiger charge is -2.67. The standard InChI is InChI=1S/C17H28N2/c1-4-5-6-14(19-18)17-9-13-7-15(2,11-17)10-16(3,8-13)12-17/h13-14,19H,6-12,18H2,1-3H3. The molecule has 0 radical (unpaired) electrons. The lowest BCUT2D eigenvalue weighted by atomic mass is 9.39. The summed E-state index contributed by atoms with van der Waals surface area (Å²) in [5.41, 5.74) is 4.65. The average molecular weight is 260 g/mol. The van der Waals surface area contributed by atoms with E-state index in [-0.39, 0.29) is 0 Å². The fourth-order valence-electron chi connectivity index (χ4n) is 6.58. The van der Waals surface area contributed by atoms with E-state index in [1.165, 1.54) is 38.5 Å². The van der Waals surface area contributed by atoms with E-state index in [1.54, 1.807) is 0 Å². The van der Waals surface area contributed by atoms with Crippen molar-refractivity contribution in [2.75, 3.05) is 0 Å². The average Bonchev–Trinajstić information content (AvgIpc) is 2.24. The zero-order valence-corrected chi connectivity index (χ0v) is 12.7. The summed E-state index contributed by atoms with van der Waals surface area (Å²) in [5.74, 6) is 13.1. The van der Waals surface area contributed by atoms with Crippen molar-refractivity contribution in [2.45, 2.75) is 71.8 Å². The van der Waals surface area contributed by atoms with Crippen LogP contribution in [0.15, 0.2) is 0 Å². The van der Waals surface area contributed by atoms with Gasteiger partial charge in [0.25, 0.3) is 0 Å². The van der Waals surface area contributed by atoms with Crippen LogP contribution in [0.5, 0.6) is 0 Å². The Morgan fingerprint density at radius 3 is 2.26 bits per heavy atom. The molecule has 0 saturated heterocycles. The van der Waals surface area contributed by atoms with Gasteiger partial charge in [-0.05, 0) is 67.6 Å². The predicted molar refractivity (Wildman–Crippen MR) is 79.0 cm³/mol. The Morgan fingerprint density at radius 1 is 1.16 bits per heavy atom. The molecule has 0 heterocycles. The molecule has 0 aromatic heterocycles. The van der Waals surface area contributed by atoms with E-state index < -0.39 is 0 Å². The maximum Gasteiger partial charge on any atom is 0.0376 e. The third kappa shape index (κ3) is 2.12. The minimum absolute atomic E-state index is 0.377. The van der Waals surface area contributed by atoms with E-state index in [0.717, 1.165) is 12.3 Å². The van der Waals surface area contributed by atoms with Crippen LogP contribution < -0.4 is 11.3 Å². The molecular weight excluding hydrogens is 232 g/mol. The molecule has 4 rings (SSSR count). The quantitative estimate of drug-likeness (QED) is 0.464. The lowest BCUT2D eigenvalue weighted by molar-refractivity contribution is -0.157. The van der Waals surface area contributed by atoms with Crippen molar-refractivity contribution < 1.29 is 0 Å². The van der Waals surface area contributed by atoms with Crippen molar-refractivity contribution in [3.8, 4) is 11.8 Å². The molecule has 3 atom stereocenters. The van der Waals surface area contributed by atoms with Crippen LogP contribution in [-0.4, -0.2) is 6.04 Å². The SMILES string of the molecule is CC#CCC(NN)C12CC3CC(C)(CC(C)(C3)C1)C2. The largest absolute Gasteiger partial charge is 0.271 e. The third-order valence-electron chi connectivity index (χ3n) is 6.09. The monoisotopic (exact) mass is 260 g/mol. The fraction of sp³-hybridized carbons (Fsp3) is 0.882. The van der Waals surface area contributed by atoms with E-state index >= 15 is 0 Å².